The van der Waals surface area contributed by atoms with E-state index in [2.05, 4.69) is 206 Å². The van der Waals surface area contributed by atoms with E-state index in [0.717, 1.165) is 72.8 Å². The molecule has 2 aromatic heterocycles. The van der Waals surface area contributed by atoms with Gasteiger partial charge in [-0.15, -0.1) is 0 Å². The van der Waals surface area contributed by atoms with Gasteiger partial charge in [0.2, 0.25) is 0 Å². The second-order valence-corrected chi connectivity index (χ2v) is 20.3. The van der Waals surface area contributed by atoms with Crippen LogP contribution in [0.3, 0.4) is 0 Å². The van der Waals surface area contributed by atoms with Crippen LogP contribution in [0.1, 0.15) is 95.7 Å². The van der Waals surface area contributed by atoms with Crippen LogP contribution in [0.15, 0.2) is 134 Å². The zero-order valence-electron chi connectivity index (χ0n) is 38.6. The van der Waals surface area contributed by atoms with Gasteiger partial charge in [0.1, 0.15) is 24.0 Å². The zero-order valence-corrected chi connectivity index (χ0v) is 38.6. The fourth-order valence-corrected chi connectivity index (χ4v) is 9.11. The van der Waals surface area contributed by atoms with Crippen molar-refractivity contribution in [3.05, 3.63) is 167 Å². The minimum atomic E-state index is -0.0493. The van der Waals surface area contributed by atoms with Crippen molar-refractivity contribution in [1.82, 2.24) is 9.55 Å². The molecule has 1 aliphatic heterocycles. The molecule has 6 nitrogen and oxygen atoms in total. The van der Waals surface area contributed by atoms with Crippen molar-refractivity contribution in [2.24, 2.45) is 0 Å². The Morgan fingerprint density at radius 3 is 1.83 bits per heavy atom. The van der Waals surface area contributed by atoms with E-state index in [1.165, 1.54) is 28.1 Å². The number of hydrogen-bond donors (Lipinski definition) is 0. The third-order valence-electron chi connectivity index (χ3n) is 12.6. The van der Waals surface area contributed by atoms with Crippen LogP contribution in [0.25, 0.3) is 38.8 Å². The van der Waals surface area contributed by atoms with Crippen molar-refractivity contribution in [2.75, 3.05) is 16.5 Å². The molecule has 0 N–H and O–H groups in total. The molecule has 3 heterocycles. The fraction of sp³-hybridized carbons (Fsp3) is 0.263. The first-order valence-electron chi connectivity index (χ1n) is 22.0. The standard InChI is InChI=1S/C57H57N5O/c1-36-25-38(34-58)26-37(2)54(36)47-32-46-45-19-12-13-20-48(45)62(53-30-39(23-24-59-53)55(3,4)5)51(46)33-52(47)63-44-18-16-17-42(31-44)60-35-61(50-22-15-14-21-49(50)60)43-28-40(56(6,7)8)27-41(29-43)57(9,10)11/h12-33H,35H2,1-11H3. The number of benzene rings is 6. The molecule has 0 aliphatic carbocycles. The van der Waals surface area contributed by atoms with E-state index in [-0.39, 0.29) is 16.2 Å². The summed E-state index contributed by atoms with van der Waals surface area (Å²) in [6.07, 6.45) is 1.92. The molecular weight excluding hydrogens is 771 g/mol. The first kappa shape index (κ1) is 41.5. The monoisotopic (exact) mass is 827 g/mol. The second-order valence-electron chi connectivity index (χ2n) is 20.3. The fourth-order valence-electron chi connectivity index (χ4n) is 9.11. The lowest BCUT2D eigenvalue weighted by Gasteiger charge is -2.29. The number of para-hydroxylation sites is 3. The van der Waals surface area contributed by atoms with E-state index < -0.39 is 0 Å². The third kappa shape index (κ3) is 7.61. The van der Waals surface area contributed by atoms with Crippen LogP contribution in [-0.4, -0.2) is 16.2 Å². The van der Waals surface area contributed by atoms with Crippen molar-refractivity contribution in [3.63, 3.8) is 0 Å². The normalized spacial score (nSPS) is 13.2. The zero-order chi connectivity index (χ0) is 44.6. The van der Waals surface area contributed by atoms with Gasteiger partial charge >= 0.3 is 0 Å². The molecule has 0 saturated carbocycles. The maximum absolute atomic E-state index is 9.89. The summed E-state index contributed by atoms with van der Waals surface area (Å²) in [6.45, 7) is 25.3. The van der Waals surface area contributed by atoms with Gasteiger partial charge < -0.3 is 14.5 Å². The Morgan fingerprint density at radius 2 is 1.19 bits per heavy atom. The Hall–Kier alpha value is -6.84. The average Bonchev–Trinajstić information content (AvgIpc) is 3.78. The van der Waals surface area contributed by atoms with E-state index in [1.807, 2.05) is 24.4 Å². The predicted molar refractivity (Wildman–Crippen MR) is 263 cm³/mol. The van der Waals surface area contributed by atoms with Crippen LogP contribution >= 0.6 is 0 Å². The highest BCUT2D eigenvalue weighted by Crippen LogP contribution is 2.48. The van der Waals surface area contributed by atoms with Gasteiger partial charge in [0.05, 0.1) is 34.0 Å². The molecule has 316 valence electrons. The molecule has 0 saturated heterocycles. The number of aromatic nitrogens is 2. The maximum atomic E-state index is 9.89. The van der Waals surface area contributed by atoms with Crippen LogP contribution in [0.5, 0.6) is 11.5 Å². The molecule has 1 aliphatic rings. The van der Waals surface area contributed by atoms with Crippen LogP contribution in [0.4, 0.5) is 22.7 Å². The van der Waals surface area contributed by atoms with E-state index in [4.69, 9.17) is 9.72 Å². The molecule has 9 rings (SSSR count). The smallest absolute Gasteiger partial charge is 0.137 e. The molecule has 6 aromatic carbocycles. The quantitative estimate of drug-likeness (QED) is 0.167. The highest BCUT2D eigenvalue weighted by molar-refractivity contribution is 6.11. The molecule has 63 heavy (non-hydrogen) atoms. The van der Waals surface area contributed by atoms with Crippen molar-refractivity contribution in [1.29, 1.82) is 5.26 Å². The topological polar surface area (TPSA) is 57.3 Å². The summed E-state index contributed by atoms with van der Waals surface area (Å²) < 4.78 is 9.44. The average molecular weight is 828 g/mol. The van der Waals surface area contributed by atoms with E-state index in [0.29, 0.717) is 12.2 Å². The number of nitriles is 1. The Bertz CT molecular complexity index is 3070. The SMILES string of the molecule is Cc1cc(C#N)cc(C)c1-c1cc2c3ccccc3n(-c3cc(C(C)(C)C)ccn3)c2cc1Oc1cccc(N2CN(c3cc(C(C)(C)C)cc(C(C)(C)C)c3)c3ccccc32)c1. The molecule has 0 unspecified atom stereocenters. The number of ether oxygens (including phenoxy) is 1. The lowest BCUT2D eigenvalue weighted by molar-refractivity contribution is 0.485. The highest BCUT2D eigenvalue weighted by Gasteiger charge is 2.31. The minimum absolute atomic E-state index is 0.00133. The molecule has 0 amide bonds. The van der Waals surface area contributed by atoms with Crippen LogP contribution in [0, 0.1) is 25.2 Å². The van der Waals surface area contributed by atoms with E-state index in [1.54, 1.807) is 0 Å². The number of hydrogen-bond acceptors (Lipinski definition) is 5. The van der Waals surface area contributed by atoms with Crippen LogP contribution in [0.2, 0.25) is 0 Å². The molecule has 0 atom stereocenters. The number of anilines is 4. The van der Waals surface area contributed by atoms with Crippen molar-refractivity contribution < 1.29 is 4.74 Å². The molecule has 0 spiro atoms. The summed E-state index contributed by atoms with van der Waals surface area (Å²) >= 11 is 0. The summed E-state index contributed by atoms with van der Waals surface area (Å²) in [4.78, 5) is 9.78. The van der Waals surface area contributed by atoms with Gasteiger partial charge in [0.15, 0.2) is 0 Å². The lowest BCUT2D eigenvalue weighted by atomic mass is 9.80. The van der Waals surface area contributed by atoms with Crippen molar-refractivity contribution in [3.8, 4) is 34.5 Å². The Kier molecular flexibility index (Phi) is 10.0. The number of rotatable bonds is 6. The first-order chi connectivity index (χ1) is 29.9. The number of aryl methyl sites for hydroxylation is 2. The molecule has 0 bridgehead atoms. The number of pyridine rings is 1. The minimum Gasteiger partial charge on any atom is -0.457 e. The highest BCUT2D eigenvalue weighted by atomic mass is 16.5. The van der Waals surface area contributed by atoms with Crippen molar-refractivity contribution in [2.45, 2.75) is 92.4 Å². The van der Waals surface area contributed by atoms with E-state index in [9.17, 15) is 5.26 Å². The summed E-state index contributed by atoms with van der Waals surface area (Å²) in [6, 6.07) is 47.9. The Balaban J connectivity index is 1.19. The molecule has 8 aromatic rings. The molecule has 0 fully saturated rings. The molecular formula is C57H57N5O. The van der Waals surface area contributed by atoms with Crippen LogP contribution in [-0.2, 0) is 16.2 Å². The third-order valence-corrected chi connectivity index (χ3v) is 12.6. The largest absolute Gasteiger partial charge is 0.457 e. The van der Waals surface area contributed by atoms with Gasteiger partial charge in [-0.25, -0.2) is 4.98 Å². The van der Waals surface area contributed by atoms with E-state index >= 15 is 0 Å². The molecule has 0 radical (unpaired) electrons. The second kappa shape index (κ2) is 15.2. The van der Waals surface area contributed by atoms with Gasteiger partial charge in [-0.05, 0) is 136 Å². The first-order valence-corrected chi connectivity index (χ1v) is 22.0. The van der Waals surface area contributed by atoms with Crippen LogP contribution < -0.4 is 14.5 Å². The number of fused-ring (bicyclic) bond motifs is 4. The van der Waals surface area contributed by atoms with Gasteiger partial charge in [-0.1, -0.05) is 105 Å². The molecule has 6 heteroatoms. The van der Waals surface area contributed by atoms with Gasteiger partial charge in [0, 0.05) is 46.0 Å². The van der Waals surface area contributed by atoms with Crippen molar-refractivity contribution >= 4 is 44.6 Å². The van der Waals surface area contributed by atoms with Gasteiger partial charge in [0.25, 0.3) is 0 Å². The van der Waals surface area contributed by atoms with Gasteiger partial charge in [-0.3, -0.25) is 4.57 Å². The summed E-state index contributed by atoms with van der Waals surface area (Å²) in [7, 11) is 0. The predicted octanol–water partition coefficient (Wildman–Crippen LogP) is 15.3. The Labute approximate surface area is 373 Å². The summed E-state index contributed by atoms with van der Waals surface area (Å²) in [5, 5.41) is 12.1. The Morgan fingerprint density at radius 1 is 0.571 bits per heavy atom. The number of nitrogens with zero attached hydrogens (tertiary/aromatic N) is 5. The summed E-state index contributed by atoms with van der Waals surface area (Å²) in [5.41, 5.74) is 15.2. The lowest BCUT2D eigenvalue weighted by Crippen LogP contribution is -2.25. The van der Waals surface area contributed by atoms with Gasteiger partial charge in [-0.2, -0.15) is 5.26 Å². The summed E-state index contributed by atoms with van der Waals surface area (Å²) in [5.74, 6) is 2.32. The maximum Gasteiger partial charge on any atom is 0.137 e.